The predicted octanol–water partition coefficient (Wildman–Crippen LogP) is 1.94. The van der Waals surface area contributed by atoms with Crippen LogP contribution in [-0.4, -0.2) is 23.7 Å². The van der Waals surface area contributed by atoms with Crippen molar-refractivity contribution in [2.75, 3.05) is 6.61 Å². The molecule has 1 aliphatic rings. The Bertz CT molecular complexity index is 328. The average Bonchev–Trinajstić information content (AvgIpc) is 2.75. The van der Waals surface area contributed by atoms with Crippen LogP contribution in [0.15, 0.2) is 24.5 Å². The van der Waals surface area contributed by atoms with Gasteiger partial charge in [-0.05, 0) is 37.0 Å². The van der Waals surface area contributed by atoms with Gasteiger partial charge in [0.25, 0.3) is 0 Å². The zero-order valence-electron chi connectivity index (χ0n) is 9.97. The molecule has 4 unspecified atom stereocenters. The lowest BCUT2D eigenvalue weighted by Crippen LogP contribution is -2.35. The Labute approximate surface area is 97.0 Å². The molecule has 0 bridgehead atoms. The molecule has 2 rings (SSSR count). The molecule has 1 aromatic heterocycles. The molecule has 1 saturated heterocycles. The number of nitrogens with two attached hydrogens (primary N) is 1. The summed E-state index contributed by atoms with van der Waals surface area (Å²) in [5, 5.41) is 0. The van der Waals surface area contributed by atoms with E-state index in [1.165, 1.54) is 5.56 Å². The fourth-order valence-electron chi connectivity index (χ4n) is 2.42. The number of ether oxygens (including phenoxy) is 1. The summed E-state index contributed by atoms with van der Waals surface area (Å²) in [5.41, 5.74) is 7.58. The molecule has 88 valence electrons. The molecule has 2 N–H and O–H groups in total. The van der Waals surface area contributed by atoms with Crippen molar-refractivity contribution in [3.8, 4) is 0 Å². The molecule has 2 heterocycles. The monoisotopic (exact) mass is 220 g/mol. The summed E-state index contributed by atoms with van der Waals surface area (Å²) in [4.78, 5) is 4.03. The Hall–Kier alpha value is -0.930. The third kappa shape index (κ3) is 2.42. The van der Waals surface area contributed by atoms with E-state index in [-0.39, 0.29) is 6.04 Å². The van der Waals surface area contributed by atoms with Crippen molar-refractivity contribution in [3.63, 3.8) is 0 Å². The van der Waals surface area contributed by atoms with Crippen LogP contribution in [-0.2, 0) is 4.74 Å². The van der Waals surface area contributed by atoms with E-state index >= 15 is 0 Å². The van der Waals surface area contributed by atoms with Crippen LogP contribution in [0.25, 0.3) is 0 Å². The van der Waals surface area contributed by atoms with Crippen LogP contribution in [0.4, 0.5) is 0 Å². The fourth-order valence-corrected chi connectivity index (χ4v) is 2.42. The third-order valence-electron chi connectivity index (χ3n) is 3.58. The van der Waals surface area contributed by atoms with Crippen molar-refractivity contribution in [2.45, 2.75) is 38.3 Å². The van der Waals surface area contributed by atoms with Gasteiger partial charge in [-0.15, -0.1) is 0 Å². The summed E-state index contributed by atoms with van der Waals surface area (Å²) in [6.07, 6.45) is 5.09. The topological polar surface area (TPSA) is 48.1 Å². The predicted molar refractivity (Wildman–Crippen MR) is 64.1 cm³/mol. The zero-order valence-corrected chi connectivity index (χ0v) is 9.97. The standard InChI is InChI=1S/C13H20N2O/c1-9-7-12(8-16-9)13(14)10(2)11-3-5-15-6-4-11/h3-6,9-10,12-13H,7-8,14H2,1-2H3. The Morgan fingerprint density at radius 3 is 2.69 bits per heavy atom. The van der Waals surface area contributed by atoms with Gasteiger partial charge in [0.2, 0.25) is 0 Å². The summed E-state index contributed by atoms with van der Waals surface area (Å²) in [6.45, 7) is 5.10. The smallest absolute Gasteiger partial charge is 0.0551 e. The molecule has 0 amide bonds. The highest BCUT2D eigenvalue weighted by molar-refractivity contribution is 5.17. The second kappa shape index (κ2) is 4.93. The third-order valence-corrected chi connectivity index (χ3v) is 3.58. The second-order valence-electron chi connectivity index (χ2n) is 4.79. The van der Waals surface area contributed by atoms with Crippen LogP contribution in [0.3, 0.4) is 0 Å². The van der Waals surface area contributed by atoms with E-state index in [0.717, 1.165) is 13.0 Å². The fraction of sp³-hybridized carbons (Fsp3) is 0.615. The van der Waals surface area contributed by atoms with Crippen LogP contribution in [0.1, 0.15) is 31.7 Å². The van der Waals surface area contributed by atoms with E-state index in [1.54, 1.807) is 0 Å². The molecule has 3 nitrogen and oxygen atoms in total. The highest BCUT2D eigenvalue weighted by Crippen LogP contribution is 2.29. The van der Waals surface area contributed by atoms with E-state index in [9.17, 15) is 0 Å². The minimum atomic E-state index is 0.173. The van der Waals surface area contributed by atoms with Gasteiger partial charge in [-0.25, -0.2) is 0 Å². The lowest BCUT2D eigenvalue weighted by Gasteiger charge is -2.25. The maximum absolute atomic E-state index is 6.32. The normalized spacial score (nSPS) is 28.9. The first kappa shape index (κ1) is 11.6. The van der Waals surface area contributed by atoms with Crippen molar-refractivity contribution in [2.24, 2.45) is 11.7 Å². The van der Waals surface area contributed by atoms with Crippen molar-refractivity contribution in [1.82, 2.24) is 4.98 Å². The average molecular weight is 220 g/mol. The Kier molecular flexibility index (Phi) is 3.56. The van der Waals surface area contributed by atoms with Gasteiger partial charge in [0.05, 0.1) is 12.7 Å². The van der Waals surface area contributed by atoms with Gasteiger partial charge in [0, 0.05) is 24.4 Å². The van der Waals surface area contributed by atoms with Crippen LogP contribution in [0, 0.1) is 5.92 Å². The lowest BCUT2D eigenvalue weighted by atomic mass is 9.85. The molecular formula is C13H20N2O. The molecule has 4 atom stereocenters. The van der Waals surface area contributed by atoms with Gasteiger partial charge in [0.1, 0.15) is 0 Å². The molecule has 16 heavy (non-hydrogen) atoms. The summed E-state index contributed by atoms with van der Waals surface area (Å²) >= 11 is 0. The second-order valence-corrected chi connectivity index (χ2v) is 4.79. The summed E-state index contributed by atoms with van der Waals surface area (Å²) in [7, 11) is 0. The van der Waals surface area contributed by atoms with Gasteiger partial charge in [-0.1, -0.05) is 6.92 Å². The first-order valence-electron chi connectivity index (χ1n) is 5.95. The number of rotatable bonds is 3. The molecule has 0 aliphatic carbocycles. The highest BCUT2D eigenvalue weighted by atomic mass is 16.5. The van der Waals surface area contributed by atoms with Crippen LogP contribution < -0.4 is 5.73 Å². The molecule has 1 aromatic rings. The SMILES string of the molecule is CC1CC(C(N)C(C)c2ccncc2)CO1. The minimum Gasteiger partial charge on any atom is -0.378 e. The molecule has 1 fully saturated rings. The van der Waals surface area contributed by atoms with Crippen molar-refractivity contribution >= 4 is 0 Å². The molecule has 0 radical (unpaired) electrons. The minimum absolute atomic E-state index is 0.173. The van der Waals surface area contributed by atoms with Crippen LogP contribution in [0.5, 0.6) is 0 Å². The number of aromatic nitrogens is 1. The van der Waals surface area contributed by atoms with Gasteiger partial charge in [-0.3, -0.25) is 4.98 Å². The zero-order chi connectivity index (χ0) is 11.5. The number of nitrogens with zero attached hydrogens (tertiary/aromatic N) is 1. The summed E-state index contributed by atoms with van der Waals surface area (Å²) in [6, 6.07) is 4.26. The Morgan fingerprint density at radius 1 is 1.44 bits per heavy atom. The van der Waals surface area contributed by atoms with E-state index in [2.05, 4.69) is 18.8 Å². The van der Waals surface area contributed by atoms with Gasteiger partial charge in [-0.2, -0.15) is 0 Å². The van der Waals surface area contributed by atoms with E-state index < -0.39 is 0 Å². The van der Waals surface area contributed by atoms with Gasteiger partial charge < -0.3 is 10.5 Å². The number of pyridine rings is 1. The highest BCUT2D eigenvalue weighted by Gasteiger charge is 2.30. The summed E-state index contributed by atoms with van der Waals surface area (Å²) in [5.74, 6) is 0.847. The lowest BCUT2D eigenvalue weighted by molar-refractivity contribution is 0.117. The molecule has 0 spiro atoms. The van der Waals surface area contributed by atoms with Crippen molar-refractivity contribution in [3.05, 3.63) is 30.1 Å². The molecule has 0 saturated carbocycles. The van der Waals surface area contributed by atoms with Crippen molar-refractivity contribution in [1.29, 1.82) is 0 Å². The number of hydrogen-bond donors (Lipinski definition) is 1. The first-order chi connectivity index (χ1) is 7.68. The molecular weight excluding hydrogens is 200 g/mol. The van der Waals surface area contributed by atoms with E-state index in [4.69, 9.17) is 10.5 Å². The molecule has 1 aliphatic heterocycles. The Balaban J connectivity index is 2.02. The maximum atomic E-state index is 6.32. The van der Waals surface area contributed by atoms with Crippen LogP contribution >= 0.6 is 0 Å². The molecule has 0 aromatic carbocycles. The van der Waals surface area contributed by atoms with Gasteiger partial charge >= 0.3 is 0 Å². The van der Waals surface area contributed by atoms with Gasteiger partial charge in [0.15, 0.2) is 0 Å². The Morgan fingerprint density at radius 2 is 2.12 bits per heavy atom. The van der Waals surface area contributed by atoms with Crippen LogP contribution in [0.2, 0.25) is 0 Å². The maximum Gasteiger partial charge on any atom is 0.0551 e. The first-order valence-corrected chi connectivity index (χ1v) is 5.95. The van der Waals surface area contributed by atoms with E-state index in [0.29, 0.717) is 17.9 Å². The molecule has 3 heteroatoms. The van der Waals surface area contributed by atoms with E-state index in [1.807, 2.05) is 24.5 Å². The van der Waals surface area contributed by atoms with Crippen molar-refractivity contribution < 1.29 is 4.74 Å². The quantitative estimate of drug-likeness (QED) is 0.846. The summed E-state index contributed by atoms with van der Waals surface area (Å²) < 4.78 is 5.58. The largest absolute Gasteiger partial charge is 0.378 e. The number of hydrogen-bond acceptors (Lipinski definition) is 3.